The minimum atomic E-state index is 0. The zero-order valence-electron chi connectivity index (χ0n) is 13.5. The number of hydrogen-bond donors (Lipinski definition) is 1. The van der Waals surface area contributed by atoms with Crippen molar-refractivity contribution >= 4 is 24.0 Å². The maximum Gasteiger partial charge on any atom is 0.238 e. The van der Waals surface area contributed by atoms with E-state index in [4.69, 9.17) is 0 Å². The van der Waals surface area contributed by atoms with Gasteiger partial charge in [0.15, 0.2) is 0 Å². The fraction of sp³-hybridized carbons (Fsp3) is 0.588. The van der Waals surface area contributed by atoms with Gasteiger partial charge in [-0.3, -0.25) is 9.69 Å². The summed E-state index contributed by atoms with van der Waals surface area (Å²) in [6.45, 7) is 8.90. The molecule has 0 aliphatic heterocycles. The van der Waals surface area contributed by atoms with Crippen LogP contribution in [0.4, 0.5) is 5.69 Å². The Balaban J connectivity index is 0.00000400. The van der Waals surface area contributed by atoms with Crippen LogP contribution in [0.5, 0.6) is 0 Å². The molecular weight excluding hydrogens is 284 g/mol. The highest BCUT2D eigenvalue weighted by atomic mass is 35.5. The molecule has 0 radical (unpaired) electrons. The van der Waals surface area contributed by atoms with Crippen LogP contribution in [0.3, 0.4) is 0 Å². The number of para-hydroxylation sites is 1. The Kier molecular flexibility index (Phi) is 11.0. The lowest BCUT2D eigenvalue weighted by atomic mass is 10.2. The fourth-order valence-electron chi connectivity index (χ4n) is 2.14. The smallest absolute Gasteiger partial charge is 0.238 e. The van der Waals surface area contributed by atoms with E-state index in [1.165, 1.54) is 12.8 Å². The molecule has 0 spiro atoms. The van der Waals surface area contributed by atoms with E-state index >= 15 is 0 Å². The largest absolute Gasteiger partial charge is 0.325 e. The van der Waals surface area contributed by atoms with Crippen molar-refractivity contribution in [1.82, 2.24) is 4.90 Å². The van der Waals surface area contributed by atoms with Crippen molar-refractivity contribution < 1.29 is 4.79 Å². The Bertz CT molecular complexity index is 402. The van der Waals surface area contributed by atoms with Gasteiger partial charge in [0, 0.05) is 5.69 Å². The average molecular weight is 313 g/mol. The van der Waals surface area contributed by atoms with Crippen LogP contribution in [-0.4, -0.2) is 30.4 Å². The summed E-state index contributed by atoms with van der Waals surface area (Å²) in [5, 5.41) is 3.01. The second-order valence-corrected chi connectivity index (χ2v) is 5.35. The summed E-state index contributed by atoms with van der Waals surface area (Å²) < 4.78 is 0. The van der Waals surface area contributed by atoms with E-state index in [-0.39, 0.29) is 18.3 Å². The lowest BCUT2D eigenvalue weighted by Crippen LogP contribution is -2.34. The number of carbonyl (C=O) groups excluding carboxylic acids is 1. The van der Waals surface area contributed by atoms with Crippen molar-refractivity contribution in [2.24, 2.45) is 0 Å². The predicted octanol–water partition coefficient (Wildman–Crippen LogP) is 4.26. The highest BCUT2D eigenvalue weighted by molar-refractivity contribution is 5.92. The molecule has 21 heavy (non-hydrogen) atoms. The molecule has 0 saturated carbocycles. The van der Waals surface area contributed by atoms with Crippen LogP contribution in [0.15, 0.2) is 24.3 Å². The normalized spacial score (nSPS) is 10.3. The molecule has 0 heterocycles. The van der Waals surface area contributed by atoms with Gasteiger partial charge in [0.1, 0.15) is 0 Å². The standard InChI is InChI=1S/C17H28N2O.ClH/c1-4-6-12-19(13-7-5-2)14-17(20)18-16-11-9-8-10-15(16)3;/h8-11H,4-7,12-14H2,1-3H3,(H,18,20);1H. The Hall–Kier alpha value is -1.06. The molecule has 0 bridgehead atoms. The quantitative estimate of drug-likeness (QED) is 0.739. The molecule has 1 aromatic carbocycles. The monoisotopic (exact) mass is 312 g/mol. The second kappa shape index (κ2) is 11.6. The van der Waals surface area contributed by atoms with Crippen molar-refractivity contribution in [1.29, 1.82) is 0 Å². The van der Waals surface area contributed by atoms with Gasteiger partial charge in [0.25, 0.3) is 0 Å². The lowest BCUT2D eigenvalue weighted by molar-refractivity contribution is -0.117. The molecule has 4 heteroatoms. The highest BCUT2D eigenvalue weighted by Gasteiger charge is 2.10. The van der Waals surface area contributed by atoms with Crippen molar-refractivity contribution in [3.8, 4) is 0 Å². The first-order valence-electron chi connectivity index (χ1n) is 7.75. The summed E-state index contributed by atoms with van der Waals surface area (Å²) in [6, 6.07) is 7.91. The zero-order chi connectivity index (χ0) is 14.8. The summed E-state index contributed by atoms with van der Waals surface area (Å²) in [4.78, 5) is 14.4. The number of anilines is 1. The number of nitrogens with zero attached hydrogens (tertiary/aromatic N) is 1. The second-order valence-electron chi connectivity index (χ2n) is 5.35. The molecule has 0 unspecified atom stereocenters. The van der Waals surface area contributed by atoms with Crippen LogP contribution >= 0.6 is 12.4 Å². The number of halogens is 1. The topological polar surface area (TPSA) is 32.3 Å². The molecule has 0 aliphatic carbocycles. The molecule has 1 rings (SSSR count). The zero-order valence-corrected chi connectivity index (χ0v) is 14.3. The van der Waals surface area contributed by atoms with Gasteiger partial charge < -0.3 is 5.32 Å². The Labute approximate surface area is 135 Å². The predicted molar refractivity (Wildman–Crippen MR) is 93.3 cm³/mol. The van der Waals surface area contributed by atoms with Crippen molar-refractivity contribution in [2.75, 3.05) is 25.0 Å². The van der Waals surface area contributed by atoms with Crippen LogP contribution in [0.25, 0.3) is 0 Å². The van der Waals surface area contributed by atoms with Crippen molar-refractivity contribution in [3.63, 3.8) is 0 Å². The molecule has 120 valence electrons. The van der Waals surface area contributed by atoms with Gasteiger partial charge in [-0.05, 0) is 44.5 Å². The summed E-state index contributed by atoms with van der Waals surface area (Å²) in [7, 11) is 0. The van der Waals surface area contributed by atoms with E-state index in [0.717, 1.165) is 37.2 Å². The van der Waals surface area contributed by atoms with Crippen LogP contribution in [0, 0.1) is 6.92 Å². The van der Waals surface area contributed by atoms with Crippen LogP contribution in [0.2, 0.25) is 0 Å². The number of aryl methyl sites for hydroxylation is 1. The molecule has 0 atom stereocenters. The van der Waals surface area contributed by atoms with E-state index in [2.05, 4.69) is 24.1 Å². The van der Waals surface area contributed by atoms with E-state index in [0.29, 0.717) is 6.54 Å². The molecule has 3 nitrogen and oxygen atoms in total. The first kappa shape index (κ1) is 19.9. The molecule has 1 amide bonds. The van der Waals surface area contributed by atoms with Gasteiger partial charge in [-0.15, -0.1) is 12.4 Å². The third-order valence-electron chi connectivity index (χ3n) is 3.44. The fourth-order valence-corrected chi connectivity index (χ4v) is 2.14. The van der Waals surface area contributed by atoms with Gasteiger partial charge in [0.2, 0.25) is 5.91 Å². The number of nitrogens with one attached hydrogen (secondary N) is 1. The summed E-state index contributed by atoms with van der Waals surface area (Å²) in [5.41, 5.74) is 2.03. The first-order chi connectivity index (χ1) is 9.67. The maximum atomic E-state index is 12.1. The average Bonchev–Trinajstić information content (AvgIpc) is 2.44. The van der Waals surface area contributed by atoms with Crippen LogP contribution < -0.4 is 5.32 Å². The summed E-state index contributed by atoms with van der Waals surface area (Å²) in [5.74, 6) is 0.0894. The van der Waals surface area contributed by atoms with E-state index in [1.54, 1.807) is 0 Å². The molecule has 1 aromatic rings. The molecule has 0 fully saturated rings. The van der Waals surface area contributed by atoms with E-state index in [1.807, 2.05) is 31.2 Å². The number of rotatable bonds is 9. The molecular formula is C17H29ClN2O. The SMILES string of the molecule is CCCCN(CCCC)CC(=O)Nc1ccccc1C.Cl. The number of amides is 1. The van der Waals surface area contributed by atoms with Crippen LogP contribution in [-0.2, 0) is 4.79 Å². The van der Waals surface area contributed by atoms with Gasteiger partial charge in [-0.25, -0.2) is 0 Å². The minimum Gasteiger partial charge on any atom is -0.325 e. The van der Waals surface area contributed by atoms with Gasteiger partial charge in [-0.2, -0.15) is 0 Å². The van der Waals surface area contributed by atoms with Crippen molar-refractivity contribution in [3.05, 3.63) is 29.8 Å². The first-order valence-corrected chi connectivity index (χ1v) is 7.75. The molecule has 0 saturated heterocycles. The minimum absolute atomic E-state index is 0. The number of benzene rings is 1. The van der Waals surface area contributed by atoms with Gasteiger partial charge in [-0.1, -0.05) is 44.9 Å². The Morgan fingerprint density at radius 1 is 1.10 bits per heavy atom. The summed E-state index contributed by atoms with van der Waals surface area (Å²) in [6.07, 6.45) is 4.65. The lowest BCUT2D eigenvalue weighted by Gasteiger charge is -2.21. The maximum absolute atomic E-state index is 12.1. The number of hydrogen-bond acceptors (Lipinski definition) is 2. The molecule has 1 N–H and O–H groups in total. The van der Waals surface area contributed by atoms with E-state index < -0.39 is 0 Å². The van der Waals surface area contributed by atoms with Crippen molar-refractivity contribution in [2.45, 2.75) is 46.5 Å². The third kappa shape index (κ3) is 8.08. The molecule has 0 aromatic heterocycles. The van der Waals surface area contributed by atoms with Crippen LogP contribution in [0.1, 0.15) is 45.1 Å². The van der Waals surface area contributed by atoms with Gasteiger partial charge in [0.05, 0.1) is 6.54 Å². The molecule has 0 aliphatic rings. The number of carbonyl (C=O) groups is 1. The third-order valence-corrected chi connectivity index (χ3v) is 3.44. The van der Waals surface area contributed by atoms with Gasteiger partial charge >= 0.3 is 0 Å². The van der Waals surface area contributed by atoms with E-state index in [9.17, 15) is 4.79 Å². The number of unbranched alkanes of at least 4 members (excludes halogenated alkanes) is 2. The highest BCUT2D eigenvalue weighted by Crippen LogP contribution is 2.13. The summed E-state index contributed by atoms with van der Waals surface area (Å²) >= 11 is 0. The Morgan fingerprint density at radius 2 is 1.67 bits per heavy atom. The Morgan fingerprint density at radius 3 is 2.19 bits per heavy atom.